The number of carbonyl (C=O) groups excluding carboxylic acids is 2. The molecule has 3 aromatic rings. The van der Waals surface area contributed by atoms with Crippen molar-refractivity contribution in [3.63, 3.8) is 0 Å². The summed E-state index contributed by atoms with van der Waals surface area (Å²) >= 11 is 4.82. The summed E-state index contributed by atoms with van der Waals surface area (Å²) in [6.07, 6.45) is 1.55. The molecule has 0 spiro atoms. The van der Waals surface area contributed by atoms with Crippen molar-refractivity contribution in [2.24, 2.45) is 0 Å². The van der Waals surface area contributed by atoms with Gasteiger partial charge >= 0.3 is 0 Å². The molecule has 0 saturated carbocycles. The number of carbonyl (C=O) groups is 2. The molecule has 2 amide bonds. The van der Waals surface area contributed by atoms with Crippen LogP contribution in [0.1, 0.15) is 5.56 Å². The van der Waals surface area contributed by atoms with E-state index in [-0.39, 0.29) is 10.7 Å². The van der Waals surface area contributed by atoms with Gasteiger partial charge < -0.3 is 4.90 Å². The zero-order valence-corrected chi connectivity index (χ0v) is 16.1. The number of amides is 2. The molecule has 1 saturated heterocycles. The third-order valence-corrected chi connectivity index (χ3v) is 4.64. The van der Waals surface area contributed by atoms with E-state index < -0.39 is 11.8 Å². The largest absolute Gasteiger partial charge is 0.311 e. The van der Waals surface area contributed by atoms with Crippen LogP contribution < -0.4 is 15.5 Å². The molecule has 0 aromatic heterocycles. The SMILES string of the molecule is O=C1NC(=S)NC(=O)C1=Cc1ccc(N(c2ccccc2)c2ccccc2)cc1. The van der Waals surface area contributed by atoms with Crippen molar-refractivity contribution in [3.8, 4) is 0 Å². The molecule has 6 heteroatoms. The average Bonchev–Trinajstić information content (AvgIpc) is 2.73. The number of hydrogen-bond donors (Lipinski definition) is 2. The number of anilines is 3. The van der Waals surface area contributed by atoms with Crippen LogP contribution in [0.25, 0.3) is 6.08 Å². The van der Waals surface area contributed by atoms with Crippen LogP contribution in [0.5, 0.6) is 0 Å². The maximum atomic E-state index is 12.0. The summed E-state index contributed by atoms with van der Waals surface area (Å²) in [6, 6.07) is 27.8. The number of nitrogens with one attached hydrogen (secondary N) is 2. The maximum absolute atomic E-state index is 12.0. The van der Waals surface area contributed by atoms with E-state index in [1.54, 1.807) is 6.08 Å². The number of benzene rings is 3. The zero-order chi connectivity index (χ0) is 20.2. The fourth-order valence-electron chi connectivity index (χ4n) is 3.09. The van der Waals surface area contributed by atoms with Gasteiger partial charge in [-0.25, -0.2) is 0 Å². The van der Waals surface area contributed by atoms with Gasteiger partial charge in [0, 0.05) is 17.1 Å². The van der Waals surface area contributed by atoms with Gasteiger partial charge in [0.05, 0.1) is 0 Å². The van der Waals surface area contributed by atoms with Crippen LogP contribution in [0, 0.1) is 0 Å². The Kier molecular flexibility index (Phi) is 5.18. The van der Waals surface area contributed by atoms with Crippen molar-refractivity contribution in [1.29, 1.82) is 0 Å². The van der Waals surface area contributed by atoms with Crippen molar-refractivity contribution in [3.05, 3.63) is 96.1 Å². The quantitative estimate of drug-likeness (QED) is 0.394. The average molecular weight is 399 g/mol. The van der Waals surface area contributed by atoms with E-state index in [0.717, 1.165) is 22.6 Å². The molecule has 1 aliphatic heterocycles. The summed E-state index contributed by atoms with van der Waals surface area (Å²) in [5.41, 5.74) is 3.79. The van der Waals surface area contributed by atoms with Crippen LogP contribution in [-0.4, -0.2) is 16.9 Å². The highest BCUT2D eigenvalue weighted by atomic mass is 32.1. The van der Waals surface area contributed by atoms with Crippen molar-refractivity contribution < 1.29 is 9.59 Å². The van der Waals surface area contributed by atoms with Crippen LogP contribution >= 0.6 is 12.2 Å². The molecule has 0 aliphatic carbocycles. The lowest BCUT2D eigenvalue weighted by atomic mass is 10.1. The molecular formula is C23H17N3O2S. The van der Waals surface area contributed by atoms with Gasteiger partial charge in [-0.15, -0.1) is 0 Å². The van der Waals surface area contributed by atoms with E-state index >= 15 is 0 Å². The Hall–Kier alpha value is -3.77. The van der Waals surface area contributed by atoms with E-state index in [1.165, 1.54) is 0 Å². The summed E-state index contributed by atoms with van der Waals surface area (Å²) in [4.78, 5) is 26.2. The van der Waals surface area contributed by atoms with Gasteiger partial charge in [0.15, 0.2) is 5.11 Å². The second kappa shape index (κ2) is 8.08. The Labute approximate surface area is 173 Å². The molecule has 5 nitrogen and oxygen atoms in total. The van der Waals surface area contributed by atoms with Crippen molar-refractivity contribution in [1.82, 2.24) is 10.6 Å². The first kappa shape index (κ1) is 18.6. The van der Waals surface area contributed by atoms with E-state index in [0.29, 0.717) is 0 Å². The molecule has 1 heterocycles. The molecular weight excluding hydrogens is 382 g/mol. The standard InChI is InChI=1S/C23H17N3O2S/c27-21-20(22(28)25-23(29)24-21)15-16-11-13-19(14-12-16)26(17-7-3-1-4-8-17)18-9-5-2-6-10-18/h1-15H,(H2,24,25,27,28,29). The Balaban J connectivity index is 1.68. The fraction of sp³-hybridized carbons (Fsp3) is 0. The normalized spacial score (nSPS) is 13.5. The molecule has 0 atom stereocenters. The third kappa shape index (κ3) is 4.07. The molecule has 2 N–H and O–H groups in total. The molecule has 0 bridgehead atoms. The molecule has 142 valence electrons. The summed E-state index contributed by atoms with van der Waals surface area (Å²) < 4.78 is 0. The van der Waals surface area contributed by atoms with E-state index in [1.807, 2.05) is 84.9 Å². The highest BCUT2D eigenvalue weighted by molar-refractivity contribution is 7.80. The summed E-state index contributed by atoms with van der Waals surface area (Å²) in [7, 11) is 0. The second-order valence-electron chi connectivity index (χ2n) is 6.39. The minimum absolute atomic E-state index is 0.0221. The first-order chi connectivity index (χ1) is 14.1. The van der Waals surface area contributed by atoms with E-state index in [4.69, 9.17) is 12.2 Å². The van der Waals surface area contributed by atoms with Crippen LogP contribution in [0.15, 0.2) is 90.5 Å². The van der Waals surface area contributed by atoms with Gasteiger partial charge in [-0.05, 0) is 60.3 Å². The van der Waals surface area contributed by atoms with Crippen LogP contribution in [0.3, 0.4) is 0 Å². The highest BCUT2D eigenvalue weighted by Gasteiger charge is 2.25. The Morgan fingerprint density at radius 1 is 0.655 bits per heavy atom. The van der Waals surface area contributed by atoms with Crippen molar-refractivity contribution >= 4 is 52.3 Å². The highest BCUT2D eigenvalue weighted by Crippen LogP contribution is 2.34. The van der Waals surface area contributed by atoms with Gasteiger partial charge in [-0.1, -0.05) is 48.5 Å². The summed E-state index contributed by atoms with van der Waals surface area (Å²) in [6.45, 7) is 0. The van der Waals surface area contributed by atoms with Gasteiger partial charge in [-0.3, -0.25) is 20.2 Å². The van der Waals surface area contributed by atoms with Gasteiger partial charge in [0.1, 0.15) is 5.57 Å². The molecule has 3 aromatic carbocycles. The number of para-hydroxylation sites is 2. The molecule has 0 radical (unpaired) electrons. The molecule has 29 heavy (non-hydrogen) atoms. The molecule has 1 fully saturated rings. The summed E-state index contributed by atoms with van der Waals surface area (Å²) in [5, 5.41) is 4.90. The first-order valence-electron chi connectivity index (χ1n) is 9.00. The Morgan fingerprint density at radius 2 is 1.10 bits per heavy atom. The van der Waals surface area contributed by atoms with Crippen LogP contribution in [-0.2, 0) is 9.59 Å². The van der Waals surface area contributed by atoms with E-state index in [9.17, 15) is 9.59 Å². The predicted molar refractivity (Wildman–Crippen MR) is 118 cm³/mol. The molecule has 4 rings (SSSR count). The van der Waals surface area contributed by atoms with Crippen LogP contribution in [0.4, 0.5) is 17.1 Å². The first-order valence-corrected chi connectivity index (χ1v) is 9.41. The third-order valence-electron chi connectivity index (χ3n) is 4.43. The fourth-order valence-corrected chi connectivity index (χ4v) is 3.28. The molecule has 0 unspecified atom stereocenters. The van der Waals surface area contributed by atoms with Gasteiger partial charge in [-0.2, -0.15) is 0 Å². The predicted octanol–water partition coefficient (Wildman–Crippen LogP) is 4.07. The molecule has 1 aliphatic rings. The minimum Gasteiger partial charge on any atom is -0.311 e. The zero-order valence-electron chi connectivity index (χ0n) is 15.3. The van der Waals surface area contributed by atoms with Crippen molar-refractivity contribution in [2.75, 3.05) is 4.90 Å². The maximum Gasteiger partial charge on any atom is 0.263 e. The smallest absolute Gasteiger partial charge is 0.263 e. The topological polar surface area (TPSA) is 61.4 Å². The Bertz CT molecular complexity index is 1030. The van der Waals surface area contributed by atoms with E-state index in [2.05, 4.69) is 15.5 Å². The number of hydrogen-bond acceptors (Lipinski definition) is 4. The van der Waals surface area contributed by atoms with Gasteiger partial charge in [0.25, 0.3) is 11.8 Å². The summed E-state index contributed by atoms with van der Waals surface area (Å²) in [5.74, 6) is -1.00. The second-order valence-corrected chi connectivity index (χ2v) is 6.80. The Morgan fingerprint density at radius 3 is 1.59 bits per heavy atom. The number of nitrogens with zero attached hydrogens (tertiary/aromatic N) is 1. The monoisotopic (exact) mass is 399 g/mol. The minimum atomic E-state index is -0.502. The van der Waals surface area contributed by atoms with Gasteiger partial charge in [0.2, 0.25) is 0 Å². The van der Waals surface area contributed by atoms with Crippen molar-refractivity contribution in [2.45, 2.75) is 0 Å². The number of rotatable bonds is 4. The number of thiocarbonyl (C=S) groups is 1. The lowest BCUT2D eigenvalue weighted by Gasteiger charge is -2.25. The lowest BCUT2D eigenvalue weighted by molar-refractivity contribution is -0.123. The van der Waals surface area contributed by atoms with Crippen LogP contribution in [0.2, 0.25) is 0 Å². The lowest BCUT2D eigenvalue weighted by Crippen LogP contribution is -2.51.